The Kier molecular flexibility index (Phi) is 4.94. The summed E-state index contributed by atoms with van der Waals surface area (Å²) in [4.78, 5) is 12.3. The molecular formula is C7H9BrO2. The molecule has 0 radical (unpaired) electrons. The molecule has 0 heterocycles. The van der Waals surface area contributed by atoms with Crippen molar-refractivity contribution >= 4 is 21.9 Å². The molecule has 0 unspecified atom stereocenters. The van der Waals surface area contributed by atoms with Crippen LogP contribution in [0.4, 0.5) is 0 Å². The Morgan fingerprint density at radius 2 is 2.40 bits per heavy atom. The van der Waals surface area contributed by atoms with Crippen LogP contribution in [0.2, 0.25) is 0 Å². The summed E-state index contributed by atoms with van der Waals surface area (Å²) in [5, 5.41) is 0. The van der Waals surface area contributed by atoms with E-state index in [1.807, 2.05) is 0 Å². The predicted molar refractivity (Wildman–Crippen MR) is 43.8 cm³/mol. The summed E-state index contributed by atoms with van der Waals surface area (Å²) in [5.74, 6) is -0.356. The van der Waals surface area contributed by atoms with Crippen LogP contribution in [-0.2, 0) is 9.53 Å². The maximum atomic E-state index is 10.6. The van der Waals surface area contributed by atoms with Crippen LogP contribution in [0, 0.1) is 0 Å². The zero-order chi connectivity index (χ0) is 7.98. The molecule has 0 aromatic carbocycles. The third-order valence-electron chi connectivity index (χ3n) is 0.748. The number of carbonyl (C=O) groups is 1. The number of hydrogen-bond donors (Lipinski definition) is 0. The lowest BCUT2D eigenvalue weighted by Gasteiger charge is -1.98. The van der Waals surface area contributed by atoms with Crippen molar-refractivity contribution in [2.75, 3.05) is 6.61 Å². The highest BCUT2D eigenvalue weighted by Gasteiger charge is 1.99. The highest BCUT2D eigenvalue weighted by atomic mass is 79.9. The van der Waals surface area contributed by atoms with Crippen molar-refractivity contribution < 1.29 is 9.53 Å². The summed E-state index contributed by atoms with van der Waals surface area (Å²) in [6.07, 6.45) is 1.68. The molecule has 0 fully saturated rings. The van der Waals surface area contributed by atoms with E-state index in [0.717, 1.165) is 0 Å². The second-order valence-corrected chi connectivity index (χ2v) is 2.27. The van der Waals surface area contributed by atoms with Crippen molar-refractivity contribution in [3.8, 4) is 0 Å². The molecule has 0 spiro atoms. The predicted octanol–water partition coefficient (Wildman–Crippen LogP) is 2.01. The summed E-state index contributed by atoms with van der Waals surface area (Å²) in [6.45, 7) is 5.32. The molecule has 0 aliphatic heterocycles. The highest BCUT2D eigenvalue weighted by Crippen LogP contribution is 1.92. The Morgan fingerprint density at radius 1 is 1.80 bits per heavy atom. The van der Waals surface area contributed by atoms with E-state index in [1.54, 1.807) is 18.0 Å². The van der Waals surface area contributed by atoms with Crippen LogP contribution in [0.15, 0.2) is 23.2 Å². The number of ether oxygens (including phenoxy) is 1. The van der Waals surface area contributed by atoms with Crippen LogP contribution in [0.5, 0.6) is 0 Å². The van der Waals surface area contributed by atoms with Crippen LogP contribution in [0.25, 0.3) is 0 Å². The lowest BCUT2D eigenvalue weighted by Crippen LogP contribution is -2.04. The molecule has 0 rings (SSSR count). The molecular weight excluding hydrogens is 196 g/mol. The molecule has 0 N–H and O–H groups in total. The molecule has 0 amide bonds. The normalized spacial score (nSPS) is 9.80. The second kappa shape index (κ2) is 5.23. The van der Waals surface area contributed by atoms with Gasteiger partial charge in [-0.2, -0.15) is 0 Å². The van der Waals surface area contributed by atoms with Gasteiger partial charge in [0.05, 0.1) is 0 Å². The van der Waals surface area contributed by atoms with Crippen LogP contribution in [0.3, 0.4) is 0 Å². The van der Waals surface area contributed by atoms with Gasteiger partial charge in [0, 0.05) is 5.57 Å². The maximum absolute atomic E-state index is 10.6. The van der Waals surface area contributed by atoms with Crippen LogP contribution in [0.1, 0.15) is 6.92 Å². The molecule has 0 aromatic rings. The Balaban J connectivity index is 3.50. The average molecular weight is 205 g/mol. The lowest BCUT2D eigenvalue weighted by molar-refractivity contribution is -0.137. The first-order valence-electron chi connectivity index (χ1n) is 2.76. The summed E-state index contributed by atoms with van der Waals surface area (Å²) < 4.78 is 4.69. The highest BCUT2D eigenvalue weighted by molar-refractivity contribution is 9.11. The monoisotopic (exact) mass is 204 g/mol. The smallest absolute Gasteiger partial charge is 0.333 e. The van der Waals surface area contributed by atoms with Crippen molar-refractivity contribution in [3.05, 3.63) is 23.2 Å². The molecule has 10 heavy (non-hydrogen) atoms. The van der Waals surface area contributed by atoms with Gasteiger partial charge < -0.3 is 4.74 Å². The van der Waals surface area contributed by atoms with Crippen LogP contribution >= 0.6 is 15.9 Å². The molecule has 0 saturated carbocycles. The zero-order valence-electron chi connectivity index (χ0n) is 5.76. The molecule has 0 atom stereocenters. The SMILES string of the molecule is C=C(C)C(=O)OC/C=C/Br. The van der Waals surface area contributed by atoms with Crippen molar-refractivity contribution in [3.63, 3.8) is 0 Å². The molecule has 0 aliphatic carbocycles. The van der Waals surface area contributed by atoms with E-state index in [9.17, 15) is 4.79 Å². The van der Waals surface area contributed by atoms with Crippen LogP contribution in [-0.4, -0.2) is 12.6 Å². The van der Waals surface area contributed by atoms with Gasteiger partial charge in [-0.05, 0) is 18.0 Å². The van der Waals surface area contributed by atoms with E-state index in [0.29, 0.717) is 5.57 Å². The van der Waals surface area contributed by atoms with E-state index < -0.39 is 0 Å². The third-order valence-corrected chi connectivity index (χ3v) is 1.12. The van der Waals surface area contributed by atoms with E-state index in [2.05, 4.69) is 27.2 Å². The molecule has 3 heteroatoms. The largest absolute Gasteiger partial charge is 0.458 e. The Morgan fingerprint density at radius 3 is 2.80 bits per heavy atom. The first-order valence-corrected chi connectivity index (χ1v) is 3.68. The quantitative estimate of drug-likeness (QED) is 0.520. The molecule has 0 saturated heterocycles. The van der Waals surface area contributed by atoms with Gasteiger partial charge in [0.2, 0.25) is 0 Å². The van der Waals surface area contributed by atoms with Gasteiger partial charge in [0.1, 0.15) is 6.61 Å². The number of hydrogen-bond acceptors (Lipinski definition) is 2. The summed E-state index contributed by atoms with van der Waals surface area (Å²) in [5.41, 5.74) is 0.419. The number of esters is 1. The fourth-order valence-corrected chi connectivity index (χ4v) is 0.436. The van der Waals surface area contributed by atoms with E-state index in [4.69, 9.17) is 0 Å². The van der Waals surface area contributed by atoms with Crippen molar-refractivity contribution in [2.45, 2.75) is 6.92 Å². The van der Waals surface area contributed by atoms with Crippen LogP contribution < -0.4 is 0 Å². The minimum absolute atomic E-state index is 0.289. The Hall–Kier alpha value is -0.570. The number of halogens is 1. The number of rotatable bonds is 3. The van der Waals surface area contributed by atoms with Gasteiger partial charge in [-0.15, -0.1) is 0 Å². The third kappa shape index (κ3) is 4.32. The molecule has 0 bridgehead atoms. The van der Waals surface area contributed by atoms with Gasteiger partial charge in [0.25, 0.3) is 0 Å². The second-order valence-electron chi connectivity index (χ2n) is 1.74. The molecule has 0 aromatic heterocycles. The summed E-state index contributed by atoms with van der Waals surface area (Å²) in [6, 6.07) is 0. The average Bonchev–Trinajstić information content (AvgIpc) is 1.88. The minimum atomic E-state index is -0.356. The Bertz CT molecular complexity index is 161. The maximum Gasteiger partial charge on any atom is 0.333 e. The van der Waals surface area contributed by atoms with Gasteiger partial charge in [0.15, 0.2) is 0 Å². The summed E-state index contributed by atoms with van der Waals surface area (Å²) >= 11 is 3.04. The molecule has 0 aliphatic rings. The lowest BCUT2D eigenvalue weighted by atomic mass is 10.4. The van der Waals surface area contributed by atoms with Crippen molar-refractivity contribution in [2.24, 2.45) is 0 Å². The van der Waals surface area contributed by atoms with Gasteiger partial charge in [-0.25, -0.2) is 4.79 Å². The van der Waals surface area contributed by atoms with Gasteiger partial charge in [-0.1, -0.05) is 22.5 Å². The molecule has 2 nitrogen and oxygen atoms in total. The Labute approximate surface area is 68.7 Å². The van der Waals surface area contributed by atoms with Gasteiger partial charge in [-0.3, -0.25) is 0 Å². The van der Waals surface area contributed by atoms with E-state index >= 15 is 0 Å². The zero-order valence-corrected chi connectivity index (χ0v) is 7.35. The topological polar surface area (TPSA) is 26.3 Å². The molecule has 56 valence electrons. The number of carbonyl (C=O) groups excluding carboxylic acids is 1. The fourth-order valence-electron chi connectivity index (χ4n) is 0.283. The van der Waals surface area contributed by atoms with Gasteiger partial charge >= 0.3 is 5.97 Å². The first kappa shape index (κ1) is 9.43. The van der Waals surface area contributed by atoms with Crippen molar-refractivity contribution in [1.29, 1.82) is 0 Å². The van der Waals surface area contributed by atoms with E-state index in [-0.39, 0.29) is 12.6 Å². The van der Waals surface area contributed by atoms with Crippen molar-refractivity contribution in [1.82, 2.24) is 0 Å². The first-order chi connectivity index (χ1) is 4.68. The standard InChI is InChI=1S/C7H9BrO2/c1-6(2)7(9)10-5-3-4-8/h3-4H,1,5H2,2H3/b4-3+. The minimum Gasteiger partial charge on any atom is -0.458 e. The van der Waals surface area contributed by atoms with E-state index in [1.165, 1.54) is 0 Å². The summed E-state index contributed by atoms with van der Waals surface area (Å²) in [7, 11) is 0. The fraction of sp³-hybridized carbons (Fsp3) is 0.286.